The van der Waals surface area contributed by atoms with Gasteiger partial charge in [0.05, 0.1) is 11.9 Å². The molecule has 0 aliphatic carbocycles. The number of hydrogen-bond donors (Lipinski definition) is 3. The molecule has 4 heterocycles. The van der Waals surface area contributed by atoms with E-state index in [0.717, 1.165) is 34.8 Å². The van der Waals surface area contributed by atoms with Crippen molar-refractivity contribution >= 4 is 29.1 Å². The molecule has 1 aromatic carbocycles. The van der Waals surface area contributed by atoms with E-state index in [4.69, 9.17) is 11.6 Å². The Bertz CT molecular complexity index is 1320. The number of nitrogens with zero attached hydrogens (tertiary/aromatic N) is 7. The second-order valence-electron chi connectivity index (χ2n) is 9.72. The highest BCUT2D eigenvalue weighted by atomic mass is 35.5. The Morgan fingerprint density at radius 1 is 1.29 bits per heavy atom. The monoisotopic (exact) mass is 503 g/mol. The molecule has 0 bridgehead atoms. The maximum Gasteiger partial charge on any atom is 0.368 e. The number of halogens is 2. The predicted octanol–water partition coefficient (Wildman–Crippen LogP) is 2.82. The molecular weight excluding hydrogens is 477 g/mol. The van der Waals surface area contributed by atoms with Crippen LogP contribution >= 0.6 is 11.6 Å². The number of rotatable bonds is 5. The zero-order valence-electron chi connectivity index (χ0n) is 19.7. The van der Waals surface area contributed by atoms with Gasteiger partial charge >= 0.3 is 5.69 Å². The van der Waals surface area contributed by atoms with Crippen LogP contribution in [0.1, 0.15) is 39.5 Å². The Morgan fingerprint density at radius 3 is 2.83 bits per heavy atom. The number of benzene rings is 1. The van der Waals surface area contributed by atoms with E-state index in [1.165, 1.54) is 32.2 Å². The van der Waals surface area contributed by atoms with E-state index in [0.29, 0.717) is 16.9 Å². The molecule has 5 rings (SSSR count). The zero-order chi connectivity index (χ0) is 24.9. The fraction of sp³-hybridized carbons (Fsp3) is 0.500. The second-order valence-corrected chi connectivity index (χ2v) is 10.1. The Morgan fingerprint density at radius 2 is 2.09 bits per heavy atom. The lowest BCUT2D eigenvalue weighted by atomic mass is 9.84. The molecule has 2 saturated heterocycles. The molecule has 3 N–H and O–H groups in total. The van der Waals surface area contributed by atoms with Crippen molar-refractivity contribution in [2.45, 2.75) is 57.2 Å². The van der Waals surface area contributed by atoms with Gasteiger partial charge < -0.3 is 15.7 Å². The number of tetrazole rings is 1. The predicted molar refractivity (Wildman–Crippen MR) is 129 cm³/mol. The van der Waals surface area contributed by atoms with Crippen molar-refractivity contribution in [2.75, 3.05) is 17.2 Å². The largest absolute Gasteiger partial charge is 0.506 e. The van der Waals surface area contributed by atoms with E-state index in [1.807, 2.05) is 0 Å². The van der Waals surface area contributed by atoms with Gasteiger partial charge in [0, 0.05) is 30.7 Å². The SMILES string of the molecule is Cn1nnn(-c2cc(Nc3ncc(Cl)c(NC4CC5CCCN5C(C)(C)C4)n3)c(F)cc2O)c1=O. The lowest BCUT2D eigenvalue weighted by Crippen LogP contribution is -2.55. The van der Waals surface area contributed by atoms with Crippen LogP contribution in [-0.4, -0.2) is 63.9 Å². The van der Waals surface area contributed by atoms with Crippen LogP contribution in [0.15, 0.2) is 23.1 Å². The Balaban J connectivity index is 1.39. The molecule has 2 unspecified atom stereocenters. The number of nitrogens with one attached hydrogen (secondary N) is 2. The summed E-state index contributed by atoms with van der Waals surface area (Å²) in [6.07, 6.45) is 5.78. The molecule has 186 valence electrons. The number of hydrogen-bond acceptors (Lipinski definition) is 9. The van der Waals surface area contributed by atoms with E-state index in [-0.39, 0.29) is 28.9 Å². The number of anilines is 3. The molecule has 2 atom stereocenters. The van der Waals surface area contributed by atoms with Crippen molar-refractivity contribution < 1.29 is 9.50 Å². The first-order valence-electron chi connectivity index (χ1n) is 11.5. The molecule has 2 aliphatic heterocycles. The van der Waals surface area contributed by atoms with Crippen LogP contribution in [0.5, 0.6) is 5.75 Å². The average molecular weight is 504 g/mol. The topological polar surface area (TPSA) is 126 Å². The van der Waals surface area contributed by atoms with Gasteiger partial charge in [-0.05, 0) is 62.6 Å². The van der Waals surface area contributed by atoms with E-state index < -0.39 is 17.3 Å². The lowest BCUT2D eigenvalue weighted by molar-refractivity contribution is 0.0501. The van der Waals surface area contributed by atoms with Gasteiger partial charge in [0.25, 0.3) is 0 Å². The van der Waals surface area contributed by atoms with Gasteiger partial charge in [-0.2, -0.15) is 14.3 Å². The molecule has 0 spiro atoms. The molecule has 35 heavy (non-hydrogen) atoms. The summed E-state index contributed by atoms with van der Waals surface area (Å²) >= 11 is 6.39. The minimum atomic E-state index is -0.758. The number of aromatic nitrogens is 6. The first-order valence-corrected chi connectivity index (χ1v) is 11.8. The fourth-order valence-corrected chi connectivity index (χ4v) is 5.39. The minimum Gasteiger partial charge on any atom is -0.506 e. The van der Waals surface area contributed by atoms with E-state index in [9.17, 15) is 14.3 Å². The standard InChI is InChI=1S/C22H27ClFN9O2/c1-22(2)10-12(7-13-5-4-6-32(13)22)26-19-14(23)11-25-20(28-19)27-16-9-17(18(34)8-15(16)24)33-21(35)31(3)29-30-33/h8-9,11-13,34H,4-7,10H2,1-3H3,(H2,25,26,27,28). The highest BCUT2D eigenvalue weighted by Crippen LogP contribution is 2.39. The van der Waals surface area contributed by atoms with Crippen LogP contribution in [0, 0.1) is 5.82 Å². The minimum absolute atomic E-state index is 0.0372. The highest BCUT2D eigenvalue weighted by molar-refractivity contribution is 6.32. The summed E-state index contributed by atoms with van der Waals surface area (Å²) in [4.78, 5) is 23.4. The summed E-state index contributed by atoms with van der Waals surface area (Å²) < 4.78 is 16.5. The third-order valence-electron chi connectivity index (χ3n) is 6.80. The van der Waals surface area contributed by atoms with E-state index in [2.05, 4.69) is 49.8 Å². The first kappa shape index (κ1) is 23.5. The van der Waals surface area contributed by atoms with E-state index >= 15 is 0 Å². The molecule has 2 aliphatic rings. The molecule has 2 fully saturated rings. The summed E-state index contributed by atoms with van der Waals surface area (Å²) in [5, 5.41) is 24.1. The number of aryl methyl sites for hydroxylation is 1. The number of phenolic OH excluding ortho intramolecular Hbond substituents is 1. The van der Waals surface area contributed by atoms with Crippen LogP contribution in [0.25, 0.3) is 5.69 Å². The van der Waals surface area contributed by atoms with Crippen molar-refractivity contribution in [1.29, 1.82) is 0 Å². The van der Waals surface area contributed by atoms with Gasteiger partial charge in [-0.1, -0.05) is 11.6 Å². The molecule has 3 aromatic rings. The smallest absolute Gasteiger partial charge is 0.368 e. The molecule has 0 radical (unpaired) electrons. The Labute approximate surface area is 205 Å². The summed E-state index contributed by atoms with van der Waals surface area (Å²) in [6.45, 7) is 5.66. The van der Waals surface area contributed by atoms with Crippen molar-refractivity contribution in [3.63, 3.8) is 0 Å². The normalized spacial score (nSPS) is 21.6. The number of piperidine rings is 1. The molecule has 11 nitrogen and oxygen atoms in total. The van der Waals surface area contributed by atoms with Crippen LogP contribution in [0.4, 0.5) is 21.8 Å². The second kappa shape index (κ2) is 8.76. The van der Waals surface area contributed by atoms with Crippen LogP contribution < -0.4 is 16.3 Å². The Hall–Kier alpha value is -3.25. The molecular formula is C22H27ClFN9O2. The molecule has 0 amide bonds. The molecule has 2 aromatic heterocycles. The summed E-state index contributed by atoms with van der Waals surface area (Å²) in [7, 11) is 1.42. The Kier molecular flexibility index (Phi) is 5.88. The van der Waals surface area contributed by atoms with Gasteiger partial charge in [0.15, 0.2) is 11.6 Å². The fourth-order valence-electron chi connectivity index (χ4n) is 5.24. The van der Waals surface area contributed by atoms with Gasteiger partial charge in [0.1, 0.15) is 16.5 Å². The quantitative estimate of drug-likeness (QED) is 0.450. The summed E-state index contributed by atoms with van der Waals surface area (Å²) in [5.41, 5.74) is -0.612. The summed E-state index contributed by atoms with van der Waals surface area (Å²) in [5.74, 6) is -0.653. The van der Waals surface area contributed by atoms with Crippen LogP contribution in [-0.2, 0) is 7.05 Å². The van der Waals surface area contributed by atoms with Gasteiger partial charge in [0.2, 0.25) is 5.95 Å². The molecule has 13 heteroatoms. The lowest BCUT2D eigenvalue weighted by Gasteiger charge is -2.47. The summed E-state index contributed by atoms with van der Waals surface area (Å²) in [6, 6.07) is 2.84. The van der Waals surface area contributed by atoms with E-state index in [1.54, 1.807) is 0 Å². The van der Waals surface area contributed by atoms with Crippen molar-refractivity contribution in [1.82, 2.24) is 34.7 Å². The van der Waals surface area contributed by atoms with Crippen molar-refractivity contribution in [3.8, 4) is 11.4 Å². The first-order chi connectivity index (χ1) is 16.6. The third kappa shape index (κ3) is 4.43. The van der Waals surface area contributed by atoms with Crippen molar-refractivity contribution in [2.24, 2.45) is 7.05 Å². The maximum absolute atomic E-state index is 14.6. The molecule has 0 saturated carbocycles. The van der Waals surface area contributed by atoms with Crippen LogP contribution in [0.3, 0.4) is 0 Å². The zero-order valence-corrected chi connectivity index (χ0v) is 20.4. The third-order valence-corrected chi connectivity index (χ3v) is 7.08. The maximum atomic E-state index is 14.6. The average Bonchev–Trinajstić information content (AvgIpc) is 3.40. The number of phenols is 1. The van der Waals surface area contributed by atoms with Gasteiger partial charge in [-0.25, -0.2) is 14.2 Å². The van der Waals surface area contributed by atoms with Gasteiger partial charge in [-0.3, -0.25) is 4.90 Å². The van der Waals surface area contributed by atoms with Gasteiger partial charge in [-0.15, -0.1) is 0 Å². The number of aromatic hydroxyl groups is 1. The van der Waals surface area contributed by atoms with Crippen molar-refractivity contribution in [3.05, 3.63) is 39.7 Å². The van der Waals surface area contributed by atoms with Crippen LogP contribution in [0.2, 0.25) is 5.02 Å². The highest BCUT2D eigenvalue weighted by Gasteiger charge is 2.43. The number of fused-ring (bicyclic) bond motifs is 1.